The van der Waals surface area contributed by atoms with Crippen LogP contribution < -0.4 is 5.73 Å². The van der Waals surface area contributed by atoms with Gasteiger partial charge in [-0.15, -0.1) is 0 Å². The molecule has 0 saturated heterocycles. The van der Waals surface area contributed by atoms with Gasteiger partial charge < -0.3 is 15.4 Å². The van der Waals surface area contributed by atoms with Crippen LogP contribution in [0.1, 0.15) is 0 Å². The maximum absolute atomic E-state index is 8.62. The number of hydrogen-bond acceptors (Lipinski definition) is 3. The van der Waals surface area contributed by atoms with Crippen molar-refractivity contribution in [2.75, 3.05) is 5.73 Å². The van der Waals surface area contributed by atoms with Crippen molar-refractivity contribution in [1.82, 2.24) is 9.55 Å². The number of hydrogen-bond donors (Lipinski definition) is 2. The Kier molecular flexibility index (Phi) is 2.55. The molecule has 5 heteroatoms. The summed E-state index contributed by atoms with van der Waals surface area (Å²) < 4.78 is 1.54. The van der Waals surface area contributed by atoms with Gasteiger partial charge in [0.15, 0.2) is 0 Å². The van der Waals surface area contributed by atoms with E-state index < -0.39 is 0 Å². The molecule has 0 aliphatic rings. The molecule has 1 heterocycles. The summed E-state index contributed by atoms with van der Waals surface area (Å²) in [5, 5.41) is 8.62. The van der Waals surface area contributed by atoms with E-state index in [1.807, 2.05) is 0 Å². The number of anilines is 1. The van der Waals surface area contributed by atoms with Crippen LogP contribution in [0.5, 0.6) is 5.88 Å². The topological polar surface area (TPSA) is 64.1 Å². The summed E-state index contributed by atoms with van der Waals surface area (Å²) in [4.78, 5) is 3.51. The number of aromatic hydroxyl groups is 1. The van der Waals surface area contributed by atoms with Gasteiger partial charge in [0.05, 0.1) is 6.20 Å². The molecule has 0 aliphatic carbocycles. The van der Waals surface area contributed by atoms with Crippen molar-refractivity contribution in [2.45, 2.75) is 0 Å². The van der Waals surface area contributed by atoms with Crippen LogP contribution in [0, 0.1) is 0 Å². The predicted octanol–water partition coefficient (Wildman–Crippen LogP) is -0.295. The number of nitrogens with two attached hydrogens (primary N) is 1. The Labute approximate surface area is 63.2 Å². The van der Waals surface area contributed by atoms with Gasteiger partial charge in [-0.2, -0.15) is 4.98 Å². The van der Waals surface area contributed by atoms with Gasteiger partial charge in [0.1, 0.15) is 0 Å². The van der Waals surface area contributed by atoms with E-state index in [0.29, 0.717) is 5.95 Å². The molecule has 9 heavy (non-hydrogen) atoms. The van der Waals surface area contributed by atoms with Gasteiger partial charge in [0, 0.05) is 24.1 Å². The summed E-state index contributed by atoms with van der Waals surface area (Å²) >= 11 is 0. The van der Waals surface area contributed by atoms with E-state index in [1.54, 1.807) is 7.05 Å². The van der Waals surface area contributed by atoms with Crippen LogP contribution >= 0.6 is 0 Å². The maximum atomic E-state index is 8.62. The molecule has 0 fully saturated rings. The van der Waals surface area contributed by atoms with Crippen LogP contribution in [0.15, 0.2) is 6.20 Å². The first-order valence-corrected chi connectivity index (χ1v) is 2.18. The van der Waals surface area contributed by atoms with Crippen LogP contribution in [0.3, 0.4) is 0 Å². The minimum atomic E-state index is -0.0370. The third-order valence-corrected chi connectivity index (χ3v) is 0.900. The molecule has 0 saturated carbocycles. The Hall–Kier alpha value is -0.671. The van der Waals surface area contributed by atoms with E-state index in [9.17, 15) is 0 Å². The van der Waals surface area contributed by atoms with E-state index in [4.69, 9.17) is 10.8 Å². The van der Waals surface area contributed by atoms with E-state index in [0.717, 1.165) is 0 Å². The molecule has 1 rings (SSSR count). The van der Waals surface area contributed by atoms with Crippen LogP contribution in [0.2, 0.25) is 0 Å². The minimum absolute atomic E-state index is 0. The Morgan fingerprint density at radius 3 is 2.44 bits per heavy atom. The zero-order valence-electron chi connectivity index (χ0n) is 4.85. The monoisotopic (exact) mass is 169 g/mol. The van der Waals surface area contributed by atoms with Gasteiger partial charge >= 0.3 is 0 Å². The second kappa shape index (κ2) is 2.75. The Bertz CT molecular complexity index is 178. The van der Waals surface area contributed by atoms with Gasteiger partial charge in [-0.05, 0) is 0 Å². The number of aromatic nitrogens is 2. The fraction of sp³-hybridized carbons (Fsp3) is 0.250. The molecule has 3 N–H and O–H groups in total. The molecule has 1 aromatic heterocycles. The zero-order valence-corrected chi connectivity index (χ0v) is 5.95. The van der Waals surface area contributed by atoms with Crippen molar-refractivity contribution >= 4 is 5.95 Å². The maximum Gasteiger partial charge on any atom is 0.230 e. The largest absolute Gasteiger partial charge is 0.492 e. The van der Waals surface area contributed by atoms with Crippen molar-refractivity contribution in [2.24, 2.45) is 7.05 Å². The molecular formula is C4H7FeN3O. The second-order valence-electron chi connectivity index (χ2n) is 1.57. The molecule has 0 spiro atoms. The van der Waals surface area contributed by atoms with Crippen LogP contribution in [-0.2, 0) is 24.1 Å². The van der Waals surface area contributed by atoms with Crippen molar-refractivity contribution in [3.63, 3.8) is 0 Å². The van der Waals surface area contributed by atoms with E-state index in [-0.39, 0.29) is 22.9 Å². The molecule has 0 bridgehead atoms. The first-order valence-electron chi connectivity index (χ1n) is 2.18. The van der Waals surface area contributed by atoms with Gasteiger partial charge in [-0.1, -0.05) is 0 Å². The average Bonchev–Trinajstić information content (AvgIpc) is 1.85. The third kappa shape index (κ3) is 1.62. The quantitative estimate of drug-likeness (QED) is 0.524. The number of nitrogen functional groups attached to an aromatic ring is 1. The first-order chi connectivity index (χ1) is 3.70. The molecular weight excluding hydrogens is 162 g/mol. The SMILES string of the molecule is Cn1cc(O)nc1N.[Fe]. The number of imidazole rings is 1. The zero-order chi connectivity index (χ0) is 6.15. The molecule has 0 unspecified atom stereocenters. The first kappa shape index (κ1) is 8.33. The summed E-state index contributed by atoms with van der Waals surface area (Å²) in [5.74, 6) is 0.285. The third-order valence-electron chi connectivity index (χ3n) is 0.900. The van der Waals surface area contributed by atoms with Crippen molar-refractivity contribution in [1.29, 1.82) is 0 Å². The van der Waals surface area contributed by atoms with Gasteiger partial charge in [0.2, 0.25) is 11.8 Å². The van der Waals surface area contributed by atoms with E-state index in [2.05, 4.69) is 4.98 Å². The normalized spacial score (nSPS) is 8.56. The fourth-order valence-electron chi connectivity index (χ4n) is 0.464. The van der Waals surface area contributed by atoms with E-state index in [1.165, 1.54) is 10.8 Å². The van der Waals surface area contributed by atoms with Gasteiger partial charge in [-0.25, -0.2) is 0 Å². The molecule has 0 atom stereocenters. The van der Waals surface area contributed by atoms with Crippen molar-refractivity contribution in [3.05, 3.63) is 6.20 Å². The summed E-state index contributed by atoms with van der Waals surface area (Å²) in [5.41, 5.74) is 5.23. The van der Waals surface area contributed by atoms with Crippen molar-refractivity contribution in [3.8, 4) is 5.88 Å². The molecule has 4 nitrogen and oxygen atoms in total. The summed E-state index contributed by atoms with van der Waals surface area (Å²) in [6.07, 6.45) is 1.44. The molecule has 52 valence electrons. The van der Waals surface area contributed by atoms with Crippen LogP contribution in [0.4, 0.5) is 5.95 Å². The molecule has 0 aromatic carbocycles. The summed E-state index contributed by atoms with van der Waals surface area (Å²) in [6, 6.07) is 0. The fourth-order valence-corrected chi connectivity index (χ4v) is 0.464. The van der Waals surface area contributed by atoms with Gasteiger partial charge in [0.25, 0.3) is 0 Å². The minimum Gasteiger partial charge on any atom is -0.492 e. The Morgan fingerprint density at radius 1 is 1.78 bits per heavy atom. The second-order valence-corrected chi connectivity index (χ2v) is 1.57. The van der Waals surface area contributed by atoms with Crippen LogP contribution in [-0.4, -0.2) is 14.7 Å². The van der Waals surface area contributed by atoms with Crippen LogP contribution in [0.25, 0.3) is 0 Å². The number of rotatable bonds is 0. The standard InChI is InChI=1S/C4H7N3O.Fe/c1-7-2-3(8)6-4(7)5;/h2,8H,1H3,(H2,5,6);. The molecule has 0 aliphatic heterocycles. The summed E-state index contributed by atoms with van der Waals surface area (Å²) in [6.45, 7) is 0. The van der Waals surface area contributed by atoms with Crippen molar-refractivity contribution < 1.29 is 22.2 Å². The summed E-state index contributed by atoms with van der Waals surface area (Å²) in [7, 11) is 1.71. The molecule has 1 aromatic rings. The molecule has 0 radical (unpaired) electrons. The Balaban J connectivity index is 0.000000640. The van der Waals surface area contributed by atoms with E-state index >= 15 is 0 Å². The smallest absolute Gasteiger partial charge is 0.230 e. The van der Waals surface area contributed by atoms with Gasteiger partial charge in [-0.3, -0.25) is 0 Å². The number of nitrogens with zero attached hydrogens (tertiary/aromatic N) is 2. The average molecular weight is 169 g/mol. The Morgan fingerprint density at radius 2 is 2.33 bits per heavy atom. The number of aryl methyl sites for hydroxylation is 1. The molecule has 0 amide bonds. The predicted molar refractivity (Wildman–Crippen MR) is 29.3 cm³/mol.